The van der Waals surface area contributed by atoms with Gasteiger partial charge in [-0.2, -0.15) is 0 Å². The van der Waals surface area contributed by atoms with Crippen LogP contribution in [-0.2, 0) is 6.42 Å². The highest BCUT2D eigenvalue weighted by Gasteiger charge is 2.37. The van der Waals surface area contributed by atoms with Crippen molar-refractivity contribution in [3.63, 3.8) is 0 Å². The SMILES string of the molecule is O=c1oc2ccccc2c2c1C[C@@H]1C(=C3CCCCCC3)C=C[C@@H]1O2. The van der Waals surface area contributed by atoms with Gasteiger partial charge >= 0.3 is 5.63 Å². The van der Waals surface area contributed by atoms with Crippen molar-refractivity contribution in [2.24, 2.45) is 5.92 Å². The maximum absolute atomic E-state index is 12.5. The van der Waals surface area contributed by atoms with E-state index in [0.717, 1.165) is 17.6 Å². The van der Waals surface area contributed by atoms with Gasteiger partial charge in [0.15, 0.2) is 0 Å². The molecule has 1 aromatic carbocycles. The summed E-state index contributed by atoms with van der Waals surface area (Å²) in [6.45, 7) is 0. The molecule has 0 amide bonds. The standard InChI is InChI=1S/C22H22O3/c23-22-18-13-17-15(14-7-3-1-2-4-8-14)11-12-20(17)24-21(18)16-9-5-6-10-19(16)25-22/h5-6,9-12,17,20H,1-4,7-8,13H2/t17-,20+/m1/s1. The lowest BCUT2D eigenvalue weighted by atomic mass is 9.85. The Balaban J connectivity index is 1.59. The van der Waals surface area contributed by atoms with Crippen molar-refractivity contribution < 1.29 is 9.15 Å². The molecule has 25 heavy (non-hydrogen) atoms. The Hall–Kier alpha value is -2.29. The molecule has 1 aromatic heterocycles. The van der Waals surface area contributed by atoms with Gasteiger partial charge in [0.1, 0.15) is 17.4 Å². The minimum atomic E-state index is -0.246. The molecule has 128 valence electrons. The summed E-state index contributed by atoms with van der Waals surface area (Å²) >= 11 is 0. The second-order valence-corrected chi connectivity index (χ2v) is 7.42. The Bertz CT molecular complexity index is 937. The highest BCUT2D eigenvalue weighted by atomic mass is 16.5. The lowest BCUT2D eigenvalue weighted by Crippen LogP contribution is -2.32. The van der Waals surface area contributed by atoms with Crippen LogP contribution in [0.4, 0.5) is 0 Å². The first-order chi connectivity index (χ1) is 12.3. The molecule has 0 radical (unpaired) electrons. The first-order valence-corrected chi connectivity index (χ1v) is 9.43. The van der Waals surface area contributed by atoms with Crippen LogP contribution in [0, 0.1) is 5.92 Å². The predicted octanol–water partition coefficient (Wildman–Crippen LogP) is 4.93. The van der Waals surface area contributed by atoms with Crippen molar-refractivity contribution in [1.29, 1.82) is 0 Å². The summed E-state index contributed by atoms with van der Waals surface area (Å²) in [6, 6.07) is 7.64. The lowest BCUT2D eigenvalue weighted by Gasteiger charge is -2.30. The maximum atomic E-state index is 12.5. The third-order valence-electron chi connectivity index (χ3n) is 5.91. The molecule has 0 spiro atoms. The normalized spacial score (nSPS) is 25.4. The number of para-hydroxylation sites is 1. The third-order valence-corrected chi connectivity index (χ3v) is 5.91. The molecule has 2 atom stereocenters. The minimum Gasteiger partial charge on any atom is -0.484 e. The Labute approximate surface area is 147 Å². The zero-order valence-corrected chi connectivity index (χ0v) is 14.3. The Morgan fingerprint density at radius 1 is 1.00 bits per heavy atom. The number of benzene rings is 1. The van der Waals surface area contributed by atoms with E-state index in [0.29, 0.717) is 11.1 Å². The molecule has 3 nitrogen and oxygen atoms in total. The Morgan fingerprint density at radius 3 is 2.64 bits per heavy atom. The van der Waals surface area contributed by atoms with E-state index in [1.165, 1.54) is 44.1 Å². The Morgan fingerprint density at radius 2 is 1.80 bits per heavy atom. The van der Waals surface area contributed by atoms with Crippen LogP contribution in [0.1, 0.15) is 44.1 Å². The van der Waals surface area contributed by atoms with Crippen LogP contribution in [0.3, 0.4) is 0 Å². The summed E-state index contributed by atoms with van der Waals surface area (Å²) in [6.07, 6.45) is 12.8. The molecule has 0 unspecified atom stereocenters. The number of rotatable bonds is 0. The molecule has 0 N–H and O–H groups in total. The van der Waals surface area contributed by atoms with Gasteiger partial charge < -0.3 is 9.15 Å². The van der Waals surface area contributed by atoms with E-state index in [2.05, 4.69) is 12.2 Å². The van der Waals surface area contributed by atoms with E-state index in [4.69, 9.17) is 9.15 Å². The lowest BCUT2D eigenvalue weighted by molar-refractivity contribution is 0.182. The van der Waals surface area contributed by atoms with Crippen molar-refractivity contribution in [1.82, 2.24) is 0 Å². The quantitative estimate of drug-likeness (QED) is 0.506. The van der Waals surface area contributed by atoms with Crippen LogP contribution >= 0.6 is 0 Å². The highest BCUT2D eigenvalue weighted by Crippen LogP contribution is 2.43. The van der Waals surface area contributed by atoms with E-state index in [9.17, 15) is 4.79 Å². The van der Waals surface area contributed by atoms with Crippen molar-refractivity contribution in [2.75, 3.05) is 0 Å². The van der Waals surface area contributed by atoms with E-state index >= 15 is 0 Å². The van der Waals surface area contributed by atoms with Gasteiger partial charge in [-0.15, -0.1) is 0 Å². The first kappa shape index (κ1) is 15.0. The molecule has 1 aliphatic heterocycles. The predicted molar refractivity (Wildman–Crippen MR) is 98.0 cm³/mol. The van der Waals surface area contributed by atoms with Gasteiger partial charge in [0.05, 0.1) is 10.9 Å². The van der Waals surface area contributed by atoms with Gasteiger partial charge in [0, 0.05) is 5.92 Å². The molecule has 1 fully saturated rings. The van der Waals surface area contributed by atoms with Gasteiger partial charge in [0.25, 0.3) is 0 Å². The van der Waals surface area contributed by atoms with Crippen molar-refractivity contribution in [2.45, 2.75) is 51.0 Å². The van der Waals surface area contributed by atoms with Crippen LogP contribution in [0.5, 0.6) is 5.75 Å². The van der Waals surface area contributed by atoms with Crippen LogP contribution in [-0.4, -0.2) is 6.10 Å². The molecule has 0 bridgehead atoms. The summed E-state index contributed by atoms with van der Waals surface area (Å²) in [4.78, 5) is 12.5. The highest BCUT2D eigenvalue weighted by molar-refractivity contribution is 5.84. The third kappa shape index (κ3) is 2.45. The zero-order chi connectivity index (χ0) is 16.8. The van der Waals surface area contributed by atoms with Crippen LogP contribution in [0.15, 0.2) is 56.8 Å². The van der Waals surface area contributed by atoms with E-state index < -0.39 is 0 Å². The molecule has 2 aromatic rings. The summed E-state index contributed by atoms with van der Waals surface area (Å²) in [5, 5.41) is 0.902. The summed E-state index contributed by atoms with van der Waals surface area (Å²) in [5.41, 5.74) is 4.07. The molecule has 0 saturated heterocycles. The number of ether oxygens (including phenoxy) is 1. The van der Waals surface area contributed by atoms with E-state index in [1.54, 1.807) is 5.57 Å². The molecule has 1 saturated carbocycles. The topological polar surface area (TPSA) is 39.4 Å². The van der Waals surface area contributed by atoms with Crippen LogP contribution in [0.25, 0.3) is 11.0 Å². The summed E-state index contributed by atoms with van der Waals surface area (Å²) in [7, 11) is 0. The monoisotopic (exact) mass is 334 g/mol. The largest absolute Gasteiger partial charge is 0.484 e. The first-order valence-electron chi connectivity index (χ1n) is 9.43. The van der Waals surface area contributed by atoms with Crippen molar-refractivity contribution in [3.05, 3.63) is 63.5 Å². The molecular formula is C22H22O3. The van der Waals surface area contributed by atoms with Crippen molar-refractivity contribution >= 4 is 11.0 Å². The smallest absolute Gasteiger partial charge is 0.343 e. The van der Waals surface area contributed by atoms with Crippen LogP contribution < -0.4 is 10.4 Å². The van der Waals surface area contributed by atoms with Gasteiger partial charge in [-0.3, -0.25) is 0 Å². The van der Waals surface area contributed by atoms with Gasteiger partial charge in [0.2, 0.25) is 0 Å². The molecule has 2 aliphatic carbocycles. The molecule has 3 aliphatic rings. The number of hydrogen-bond donors (Lipinski definition) is 0. The van der Waals surface area contributed by atoms with E-state index in [-0.39, 0.29) is 17.6 Å². The minimum absolute atomic E-state index is 0.0449. The average molecular weight is 334 g/mol. The summed E-state index contributed by atoms with van der Waals surface area (Å²) in [5.74, 6) is 0.995. The summed E-state index contributed by atoms with van der Waals surface area (Å²) < 4.78 is 11.9. The number of hydrogen-bond acceptors (Lipinski definition) is 3. The number of allylic oxidation sites excluding steroid dienone is 2. The second-order valence-electron chi connectivity index (χ2n) is 7.42. The fraction of sp³-hybridized carbons (Fsp3) is 0.409. The molecule has 2 heterocycles. The van der Waals surface area contributed by atoms with Gasteiger partial charge in [-0.1, -0.05) is 36.6 Å². The van der Waals surface area contributed by atoms with E-state index in [1.807, 2.05) is 24.3 Å². The fourth-order valence-corrected chi connectivity index (χ4v) is 4.63. The van der Waals surface area contributed by atoms with Gasteiger partial charge in [-0.25, -0.2) is 4.79 Å². The van der Waals surface area contributed by atoms with Crippen molar-refractivity contribution in [3.8, 4) is 5.75 Å². The fourth-order valence-electron chi connectivity index (χ4n) is 4.63. The number of fused-ring (bicyclic) bond motifs is 4. The Kier molecular flexibility index (Phi) is 3.54. The maximum Gasteiger partial charge on any atom is 0.343 e. The molecule has 5 rings (SSSR count). The molecular weight excluding hydrogens is 312 g/mol. The van der Waals surface area contributed by atoms with Crippen LogP contribution in [0.2, 0.25) is 0 Å². The second kappa shape index (κ2) is 5.91. The van der Waals surface area contributed by atoms with Gasteiger partial charge in [-0.05, 0) is 55.9 Å². The zero-order valence-electron chi connectivity index (χ0n) is 14.3. The average Bonchev–Trinajstić information content (AvgIpc) is 2.85. The molecule has 3 heteroatoms.